The van der Waals surface area contributed by atoms with E-state index in [4.69, 9.17) is 9.47 Å². The SMILES string of the molecule is Cc1cn(CC(=O)OC(C)(C)C)nc1Nc1ncc(C(=O)Nc2c(Br)ccc3c2cnn3C2CCCCO2)s1. The summed E-state index contributed by atoms with van der Waals surface area (Å²) in [6.07, 6.45) is 7.98. The van der Waals surface area contributed by atoms with Crippen LogP contribution in [0.1, 0.15) is 61.5 Å². The van der Waals surface area contributed by atoms with Crippen LogP contribution < -0.4 is 10.6 Å². The molecule has 1 fully saturated rings. The van der Waals surface area contributed by atoms with Gasteiger partial charge in [-0.15, -0.1) is 0 Å². The first-order valence-corrected chi connectivity index (χ1v) is 14.3. The van der Waals surface area contributed by atoms with E-state index >= 15 is 0 Å². The largest absolute Gasteiger partial charge is 0.459 e. The summed E-state index contributed by atoms with van der Waals surface area (Å²) in [5.41, 5.74) is 1.79. The van der Waals surface area contributed by atoms with Crippen molar-refractivity contribution in [3.8, 4) is 0 Å². The Morgan fingerprint density at radius 2 is 2.08 bits per heavy atom. The van der Waals surface area contributed by atoms with E-state index in [2.05, 4.69) is 41.7 Å². The zero-order valence-electron chi connectivity index (χ0n) is 22.2. The Bertz CT molecular complexity index is 1510. The zero-order chi connectivity index (χ0) is 27.7. The fraction of sp³-hybridized carbons (Fsp3) is 0.423. The molecule has 0 saturated carbocycles. The van der Waals surface area contributed by atoms with Crippen LogP contribution >= 0.6 is 27.3 Å². The van der Waals surface area contributed by atoms with Gasteiger partial charge in [-0.2, -0.15) is 10.2 Å². The molecule has 1 saturated heterocycles. The first kappa shape index (κ1) is 27.3. The third-order valence-electron chi connectivity index (χ3n) is 6.01. The van der Waals surface area contributed by atoms with E-state index < -0.39 is 5.60 Å². The summed E-state index contributed by atoms with van der Waals surface area (Å²) in [7, 11) is 0. The van der Waals surface area contributed by atoms with E-state index in [1.165, 1.54) is 22.2 Å². The Morgan fingerprint density at radius 1 is 1.26 bits per heavy atom. The lowest BCUT2D eigenvalue weighted by Crippen LogP contribution is -2.26. The number of ether oxygens (including phenoxy) is 2. The molecular formula is C26H30BrN7O4S. The molecule has 4 aromatic rings. The van der Waals surface area contributed by atoms with Gasteiger partial charge < -0.3 is 20.1 Å². The van der Waals surface area contributed by atoms with Gasteiger partial charge in [-0.1, -0.05) is 11.3 Å². The molecule has 0 bridgehead atoms. The molecule has 1 amide bonds. The minimum Gasteiger partial charge on any atom is -0.459 e. The van der Waals surface area contributed by atoms with Gasteiger partial charge in [-0.05, 0) is 75.0 Å². The Hall–Kier alpha value is -3.29. The number of benzene rings is 1. The molecule has 1 aliphatic rings. The minimum atomic E-state index is -0.566. The number of rotatable bonds is 7. The van der Waals surface area contributed by atoms with Crippen LogP contribution in [0.3, 0.4) is 0 Å². The van der Waals surface area contributed by atoms with Gasteiger partial charge in [0, 0.05) is 28.2 Å². The summed E-state index contributed by atoms with van der Waals surface area (Å²) in [6.45, 7) is 8.05. The molecule has 1 atom stereocenters. The highest BCUT2D eigenvalue weighted by Crippen LogP contribution is 2.35. The van der Waals surface area contributed by atoms with Crippen LogP contribution in [0.2, 0.25) is 0 Å². The number of carbonyl (C=O) groups excluding carboxylic acids is 2. The summed E-state index contributed by atoms with van der Waals surface area (Å²) in [5.74, 6) is -0.116. The Kier molecular flexibility index (Phi) is 7.74. The second-order valence-electron chi connectivity index (χ2n) is 10.3. The number of amides is 1. The molecule has 0 radical (unpaired) electrons. The number of anilines is 3. The number of thiazole rings is 1. The molecule has 4 heterocycles. The number of nitrogens with zero attached hydrogens (tertiary/aromatic N) is 5. The molecule has 39 heavy (non-hydrogen) atoms. The molecule has 206 valence electrons. The van der Waals surface area contributed by atoms with Crippen molar-refractivity contribution in [2.75, 3.05) is 17.2 Å². The van der Waals surface area contributed by atoms with E-state index in [0.717, 1.165) is 46.8 Å². The highest BCUT2D eigenvalue weighted by molar-refractivity contribution is 9.10. The van der Waals surface area contributed by atoms with Crippen LogP contribution in [0.5, 0.6) is 0 Å². The number of carbonyl (C=O) groups is 2. The van der Waals surface area contributed by atoms with Crippen LogP contribution in [0, 0.1) is 6.92 Å². The van der Waals surface area contributed by atoms with E-state index in [1.807, 2.05) is 44.5 Å². The molecule has 1 aliphatic heterocycles. The van der Waals surface area contributed by atoms with Crippen molar-refractivity contribution >= 4 is 66.7 Å². The topological polar surface area (TPSA) is 125 Å². The molecule has 5 rings (SSSR count). The summed E-state index contributed by atoms with van der Waals surface area (Å²) in [5, 5.41) is 16.5. The zero-order valence-corrected chi connectivity index (χ0v) is 24.6. The smallest absolute Gasteiger partial charge is 0.328 e. The Morgan fingerprint density at radius 3 is 2.82 bits per heavy atom. The number of hydrogen-bond donors (Lipinski definition) is 2. The van der Waals surface area contributed by atoms with Crippen molar-refractivity contribution in [1.82, 2.24) is 24.5 Å². The standard InChI is InChI=1S/C26H30BrN7O4S/c1-15-13-33(14-21(35)38-26(2,3)4)32-23(15)31-25-28-12-19(39-25)24(36)30-22-16-11-29-34(18(16)9-8-17(22)27)20-7-5-6-10-37-20/h8-9,11-13,20H,5-7,10,14H2,1-4H3,(H,30,36)(H,28,31,32). The van der Waals surface area contributed by atoms with Crippen molar-refractivity contribution in [3.05, 3.63) is 45.6 Å². The molecule has 0 spiro atoms. The Labute approximate surface area is 238 Å². The fourth-order valence-electron chi connectivity index (χ4n) is 4.31. The Balaban J connectivity index is 1.28. The van der Waals surface area contributed by atoms with Gasteiger partial charge in [-0.25, -0.2) is 9.67 Å². The normalized spacial score (nSPS) is 15.9. The van der Waals surface area contributed by atoms with E-state index in [9.17, 15) is 9.59 Å². The average molecular weight is 617 g/mol. The van der Waals surface area contributed by atoms with E-state index in [-0.39, 0.29) is 24.6 Å². The van der Waals surface area contributed by atoms with Crippen LogP contribution in [-0.4, -0.2) is 48.6 Å². The molecule has 2 N–H and O–H groups in total. The van der Waals surface area contributed by atoms with Gasteiger partial charge in [0.25, 0.3) is 5.91 Å². The predicted molar refractivity (Wildman–Crippen MR) is 152 cm³/mol. The molecule has 1 unspecified atom stereocenters. The molecule has 3 aromatic heterocycles. The van der Waals surface area contributed by atoms with Crippen LogP contribution in [0.15, 0.2) is 35.2 Å². The number of nitrogens with one attached hydrogen (secondary N) is 2. The quantitative estimate of drug-likeness (QED) is 0.250. The van der Waals surface area contributed by atoms with Gasteiger partial charge in [-0.3, -0.25) is 14.3 Å². The number of fused-ring (bicyclic) bond motifs is 1. The van der Waals surface area contributed by atoms with Crippen molar-refractivity contribution in [1.29, 1.82) is 0 Å². The predicted octanol–water partition coefficient (Wildman–Crippen LogP) is 5.80. The molecule has 11 nitrogen and oxygen atoms in total. The van der Waals surface area contributed by atoms with Crippen molar-refractivity contribution in [3.63, 3.8) is 0 Å². The number of halogens is 1. The molecule has 0 aliphatic carbocycles. The maximum absolute atomic E-state index is 13.2. The van der Waals surface area contributed by atoms with Gasteiger partial charge in [0.05, 0.1) is 23.6 Å². The minimum absolute atomic E-state index is 0.00477. The number of aryl methyl sites for hydroxylation is 1. The van der Waals surface area contributed by atoms with Gasteiger partial charge >= 0.3 is 5.97 Å². The summed E-state index contributed by atoms with van der Waals surface area (Å²) in [6, 6.07) is 3.87. The lowest BCUT2D eigenvalue weighted by atomic mass is 10.1. The van der Waals surface area contributed by atoms with Gasteiger partial charge in [0.15, 0.2) is 17.2 Å². The van der Waals surface area contributed by atoms with E-state index in [1.54, 1.807) is 12.4 Å². The third kappa shape index (κ3) is 6.31. The van der Waals surface area contributed by atoms with Crippen molar-refractivity contribution in [2.45, 2.75) is 65.3 Å². The molecular weight excluding hydrogens is 586 g/mol. The summed E-state index contributed by atoms with van der Waals surface area (Å²) < 4.78 is 15.4. The highest BCUT2D eigenvalue weighted by Gasteiger charge is 2.22. The number of aromatic nitrogens is 5. The second kappa shape index (κ2) is 11.1. The summed E-state index contributed by atoms with van der Waals surface area (Å²) in [4.78, 5) is 30.1. The number of esters is 1. The van der Waals surface area contributed by atoms with Crippen LogP contribution in [0.4, 0.5) is 16.6 Å². The third-order valence-corrected chi connectivity index (χ3v) is 7.58. The van der Waals surface area contributed by atoms with Gasteiger partial charge in [0.1, 0.15) is 17.0 Å². The fourth-order valence-corrected chi connectivity index (χ4v) is 5.47. The van der Waals surface area contributed by atoms with Crippen molar-refractivity contribution in [2.24, 2.45) is 0 Å². The molecule has 1 aromatic carbocycles. The highest BCUT2D eigenvalue weighted by atomic mass is 79.9. The van der Waals surface area contributed by atoms with Crippen LogP contribution in [0.25, 0.3) is 10.9 Å². The number of hydrogen-bond acceptors (Lipinski definition) is 9. The monoisotopic (exact) mass is 615 g/mol. The maximum atomic E-state index is 13.2. The molecule has 13 heteroatoms. The lowest BCUT2D eigenvalue weighted by Gasteiger charge is -2.23. The van der Waals surface area contributed by atoms with E-state index in [0.29, 0.717) is 21.5 Å². The van der Waals surface area contributed by atoms with Gasteiger partial charge in [0.2, 0.25) is 0 Å². The summed E-state index contributed by atoms with van der Waals surface area (Å²) >= 11 is 4.77. The second-order valence-corrected chi connectivity index (χ2v) is 12.2. The first-order chi connectivity index (χ1) is 18.6. The lowest BCUT2D eigenvalue weighted by molar-refractivity contribution is -0.155. The maximum Gasteiger partial charge on any atom is 0.328 e. The average Bonchev–Trinajstić information content (AvgIpc) is 3.59. The van der Waals surface area contributed by atoms with Crippen LogP contribution in [-0.2, 0) is 20.8 Å². The van der Waals surface area contributed by atoms with Crippen molar-refractivity contribution < 1.29 is 19.1 Å². The first-order valence-electron chi connectivity index (χ1n) is 12.6.